The summed E-state index contributed by atoms with van der Waals surface area (Å²) < 4.78 is 104. The molecular formula is C14H5F8IN8O2. The van der Waals surface area contributed by atoms with E-state index in [0.29, 0.717) is 0 Å². The number of hydrogen-bond donors (Lipinski definition) is 2. The molecule has 0 atom stereocenters. The Balaban J connectivity index is 0.000000602. The number of carbonyl (C=O) groups is 2. The molecule has 0 saturated heterocycles. The first-order valence-electron chi connectivity index (χ1n) is 7.24. The molecule has 0 heterocycles. The molecule has 0 unspecified atom stereocenters. The summed E-state index contributed by atoms with van der Waals surface area (Å²) >= 11 is 0. The Hall–Kier alpha value is -3.83. The van der Waals surface area contributed by atoms with Crippen molar-refractivity contribution < 1.29 is 44.7 Å². The summed E-state index contributed by atoms with van der Waals surface area (Å²) in [6, 6.07) is 0. The second-order valence-corrected chi connectivity index (χ2v) is 5.07. The third-order valence-electron chi connectivity index (χ3n) is 3.26. The van der Waals surface area contributed by atoms with Crippen LogP contribution in [0.1, 0.15) is 20.7 Å². The molecule has 2 rings (SSSR count). The number of hydrogen-bond acceptors (Lipinski definition) is 4. The fraction of sp³-hybridized carbons (Fsp3) is 0. The van der Waals surface area contributed by atoms with Crippen LogP contribution in [0.25, 0.3) is 20.9 Å². The van der Waals surface area contributed by atoms with Gasteiger partial charge in [0.2, 0.25) is 0 Å². The lowest BCUT2D eigenvalue weighted by Crippen LogP contribution is -2.18. The fourth-order valence-electron chi connectivity index (χ4n) is 1.94. The van der Waals surface area contributed by atoms with Crippen LogP contribution in [0.2, 0.25) is 0 Å². The van der Waals surface area contributed by atoms with Crippen molar-refractivity contribution in [2.24, 2.45) is 21.7 Å². The van der Waals surface area contributed by atoms with E-state index in [-0.39, 0.29) is 24.0 Å². The predicted octanol–water partition coefficient (Wildman–Crippen LogP) is 5.19. The van der Waals surface area contributed by atoms with Crippen molar-refractivity contribution in [1.29, 1.82) is 0 Å². The number of carbonyl (C=O) groups excluding carboxylic acids is 2. The maximum Gasteiger partial charge on any atom is 0.254 e. The molecule has 0 fully saturated rings. The summed E-state index contributed by atoms with van der Waals surface area (Å²) in [5, 5.41) is 4.85. The van der Waals surface area contributed by atoms with Crippen LogP contribution in [0, 0.1) is 46.5 Å². The Morgan fingerprint density at radius 1 is 0.576 bits per heavy atom. The smallest absolute Gasteiger partial charge is 0.254 e. The minimum Gasteiger partial charge on any atom is -0.365 e. The molecule has 0 spiro atoms. The molecule has 2 amide bonds. The van der Waals surface area contributed by atoms with E-state index in [1.54, 1.807) is 0 Å². The van der Waals surface area contributed by atoms with Gasteiger partial charge in [-0.1, -0.05) is 10.2 Å². The van der Waals surface area contributed by atoms with Crippen LogP contribution in [-0.4, -0.2) is 11.8 Å². The standard InChI is InChI=1S/2C7H2F4N4O.HI/c2*8-2-1(7(12)16)3(9)5(11)6(4(2)10)14-15-13;/h2*(H2,12,16);1H. The van der Waals surface area contributed by atoms with E-state index >= 15 is 0 Å². The highest BCUT2D eigenvalue weighted by Crippen LogP contribution is 2.31. The van der Waals surface area contributed by atoms with Crippen molar-refractivity contribution in [3.05, 3.63) is 78.6 Å². The number of amides is 2. The maximum absolute atomic E-state index is 13.0. The number of halogens is 9. The molecule has 2 aromatic carbocycles. The number of azide groups is 2. The largest absolute Gasteiger partial charge is 0.365 e. The molecule has 0 aromatic heterocycles. The molecule has 4 N–H and O–H groups in total. The lowest BCUT2D eigenvalue weighted by Gasteiger charge is -2.05. The summed E-state index contributed by atoms with van der Waals surface area (Å²) in [5.74, 6) is -19.3. The number of primary amides is 2. The van der Waals surface area contributed by atoms with Gasteiger partial charge in [0.1, 0.15) is 22.5 Å². The van der Waals surface area contributed by atoms with Gasteiger partial charge in [-0.15, -0.1) is 24.0 Å². The molecule has 0 radical (unpaired) electrons. The minimum atomic E-state index is -2.01. The monoisotopic (exact) mass is 596 g/mol. The Morgan fingerprint density at radius 2 is 0.788 bits per heavy atom. The van der Waals surface area contributed by atoms with Crippen molar-refractivity contribution >= 4 is 47.2 Å². The summed E-state index contributed by atoms with van der Waals surface area (Å²) in [5.41, 5.74) is 18.8. The third-order valence-corrected chi connectivity index (χ3v) is 3.26. The number of rotatable bonds is 4. The van der Waals surface area contributed by atoms with Gasteiger partial charge in [-0.25, -0.2) is 35.1 Å². The molecule has 0 bridgehead atoms. The average Bonchev–Trinajstić information content (AvgIpc) is 2.71. The van der Waals surface area contributed by atoms with Gasteiger partial charge in [0.15, 0.2) is 46.5 Å². The summed E-state index contributed by atoms with van der Waals surface area (Å²) in [7, 11) is 0. The molecule has 0 aliphatic rings. The first-order valence-corrected chi connectivity index (χ1v) is 7.24. The van der Waals surface area contributed by atoms with E-state index in [4.69, 9.17) is 11.1 Å². The van der Waals surface area contributed by atoms with Crippen LogP contribution in [0.3, 0.4) is 0 Å². The van der Waals surface area contributed by atoms with Crippen molar-refractivity contribution in [1.82, 2.24) is 0 Å². The third kappa shape index (κ3) is 5.70. The predicted molar refractivity (Wildman–Crippen MR) is 103 cm³/mol. The Labute approximate surface area is 192 Å². The molecule has 33 heavy (non-hydrogen) atoms. The zero-order valence-corrected chi connectivity index (χ0v) is 17.4. The summed E-state index contributed by atoms with van der Waals surface area (Å²) in [6.45, 7) is 0. The zero-order chi connectivity index (χ0) is 24.9. The number of benzene rings is 2. The van der Waals surface area contributed by atoms with Crippen LogP contribution in [-0.2, 0) is 0 Å². The molecule has 0 saturated carbocycles. The summed E-state index contributed by atoms with van der Waals surface area (Å²) in [4.78, 5) is 25.0. The van der Waals surface area contributed by atoms with Crippen LogP contribution >= 0.6 is 24.0 Å². The van der Waals surface area contributed by atoms with Crippen molar-refractivity contribution in [3.63, 3.8) is 0 Å². The lowest BCUT2D eigenvalue weighted by atomic mass is 10.1. The van der Waals surface area contributed by atoms with Gasteiger partial charge in [0.05, 0.1) is 0 Å². The zero-order valence-electron chi connectivity index (χ0n) is 15.1. The van der Waals surface area contributed by atoms with E-state index < -0.39 is 80.9 Å². The van der Waals surface area contributed by atoms with Crippen molar-refractivity contribution in [3.8, 4) is 0 Å². The molecule has 10 nitrogen and oxygen atoms in total. The van der Waals surface area contributed by atoms with E-state index in [0.717, 1.165) is 0 Å². The lowest BCUT2D eigenvalue weighted by molar-refractivity contribution is 0.0981. The molecule has 0 aliphatic carbocycles. The van der Waals surface area contributed by atoms with E-state index in [9.17, 15) is 44.7 Å². The fourth-order valence-corrected chi connectivity index (χ4v) is 1.94. The number of nitrogens with zero attached hydrogens (tertiary/aromatic N) is 6. The minimum absolute atomic E-state index is 0. The van der Waals surface area contributed by atoms with Gasteiger partial charge in [-0.3, -0.25) is 9.59 Å². The average molecular weight is 596 g/mol. The van der Waals surface area contributed by atoms with Crippen LogP contribution in [0.5, 0.6) is 0 Å². The van der Waals surface area contributed by atoms with Gasteiger partial charge in [-0.2, -0.15) is 0 Å². The normalized spacial score (nSPS) is 9.45. The molecular weight excluding hydrogens is 591 g/mol. The first kappa shape index (κ1) is 29.2. The topological polar surface area (TPSA) is 184 Å². The quantitative estimate of drug-likeness (QED) is 0.123. The van der Waals surface area contributed by atoms with Gasteiger partial charge < -0.3 is 11.5 Å². The SMILES string of the molecule is I.[N-]=[N+]=Nc1c(F)c(F)c(C(N)=O)c(F)c1F.[N-]=[N+]=Nc1c(F)c(F)c(C(N)=O)c(F)c1F. The molecule has 176 valence electrons. The highest BCUT2D eigenvalue weighted by atomic mass is 127. The molecule has 2 aromatic rings. The number of nitrogens with two attached hydrogens (primary N) is 2. The van der Waals surface area contributed by atoms with E-state index in [1.165, 1.54) is 0 Å². The second kappa shape index (κ2) is 11.7. The van der Waals surface area contributed by atoms with E-state index in [2.05, 4.69) is 21.7 Å². The maximum atomic E-state index is 13.0. The first-order chi connectivity index (χ1) is 14.8. The van der Waals surface area contributed by atoms with Gasteiger partial charge in [0, 0.05) is 9.82 Å². The Bertz CT molecular complexity index is 1030. The van der Waals surface area contributed by atoms with Crippen molar-refractivity contribution in [2.45, 2.75) is 0 Å². The van der Waals surface area contributed by atoms with Crippen LogP contribution in [0.15, 0.2) is 10.2 Å². The van der Waals surface area contributed by atoms with Gasteiger partial charge >= 0.3 is 0 Å². The van der Waals surface area contributed by atoms with E-state index in [1.807, 2.05) is 9.82 Å². The Morgan fingerprint density at radius 3 is 0.939 bits per heavy atom. The van der Waals surface area contributed by atoms with Crippen molar-refractivity contribution in [2.75, 3.05) is 0 Å². The van der Waals surface area contributed by atoms with Crippen LogP contribution < -0.4 is 11.5 Å². The molecule has 0 aliphatic heterocycles. The summed E-state index contributed by atoms with van der Waals surface area (Å²) in [6.07, 6.45) is 0. The highest BCUT2D eigenvalue weighted by Gasteiger charge is 2.28. The Kier molecular flexibility index (Phi) is 10.3. The van der Waals surface area contributed by atoms with Crippen LogP contribution in [0.4, 0.5) is 46.5 Å². The molecule has 19 heteroatoms. The van der Waals surface area contributed by atoms with Gasteiger partial charge in [0.25, 0.3) is 11.8 Å². The van der Waals surface area contributed by atoms with Gasteiger partial charge in [-0.05, 0) is 11.1 Å². The highest BCUT2D eigenvalue weighted by molar-refractivity contribution is 14.0. The second-order valence-electron chi connectivity index (χ2n) is 5.07.